The molecule has 1 unspecified atom stereocenters. The average molecular weight is 215 g/mol. The van der Waals surface area contributed by atoms with Crippen LogP contribution in [-0.4, -0.2) is 28.6 Å². The first-order valence-electron chi connectivity index (χ1n) is 4.23. The van der Waals surface area contributed by atoms with Crippen LogP contribution in [0.25, 0.3) is 0 Å². The van der Waals surface area contributed by atoms with Gasteiger partial charge in [0.15, 0.2) is 0 Å². The van der Waals surface area contributed by atoms with Crippen LogP contribution in [0.3, 0.4) is 0 Å². The van der Waals surface area contributed by atoms with Crippen LogP contribution in [0.1, 0.15) is 22.4 Å². The lowest BCUT2D eigenvalue weighted by atomic mass is 10.3. The van der Waals surface area contributed by atoms with Crippen molar-refractivity contribution in [3.05, 3.63) is 16.1 Å². The van der Waals surface area contributed by atoms with Gasteiger partial charge in [0.1, 0.15) is 10.7 Å². The fourth-order valence-electron chi connectivity index (χ4n) is 0.852. The molecule has 1 amide bonds. The zero-order chi connectivity index (χ0) is 10.6. The van der Waals surface area contributed by atoms with Crippen molar-refractivity contribution < 1.29 is 9.90 Å². The van der Waals surface area contributed by atoms with Crippen molar-refractivity contribution in [1.82, 2.24) is 10.3 Å². The summed E-state index contributed by atoms with van der Waals surface area (Å²) in [4.78, 5) is 15.4. The van der Waals surface area contributed by atoms with E-state index in [1.807, 2.05) is 0 Å². The zero-order valence-electron chi connectivity index (χ0n) is 7.86. The molecule has 0 bridgehead atoms. The van der Waals surface area contributed by atoms with E-state index in [4.69, 9.17) is 10.8 Å². The molecule has 0 aliphatic heterocycles. The normalized spacial score (nSPS) is 12.5. The molecule has 0 fully saturated rings. The van der Waals surface area contributed by atoms with Crippen molar-refractivity contribution in [2.75, 3.05) is 6.61 Å². The van der Waals surface area contributed by atoms with Gasteiger partial charge in [0.25, 0.3) is 5.91 Å². The second-order valence-electron chi connectivity index (χ2n) is 2.89. The molecule has 1 atom stereocenters. The lowest BCUT2D eigenvalue weighted by Crippen LogP contribution is -2.35. The minimum absolute atomic E-state index is 0.0837. The van der Waals surface area contributed by atoms with Gasteiger partial charge in [-0.15, -0.1) is 11.3 Å². The summed E-state index contributed by atoms with van der Waals surface area (Å²) in [6, 6.07) is -0.259. The molecule has 5 nitrogen and oxygen atoms in total. The third-order valence-electron chi connectivity index (χ3n) is 1.61. The summed E-state index contributed by atoms with van der Waals surface area (Å²) in [5.74, 6) is -0.275. The van der Waals surface area contributed by atoms with E-state index >= 15 is 0 Å². The van der Waals surface area contributed by atoms with E-state index in [9.17, 15) is 4.79 Å². The second-order valence-corrected chi connectivity index (χ2v) is 3.83. The maximum Gasteiger partial charge on any atom is 0.271 e. The van der Waals surface area contributed by atoms with Crippen molar-refractivity contribution >= 4 is 17.2 Å². The van der Waals surface area contributed by atoms with Gasteiger partial charge in [-0.25, -0.2) is 4.98 Å². The van der Waals surface area contributed by atoms with Crippen molar-refractivity contribution in [3.8, 4) is 0 Å². The van der Waals surface area contributed by atoms with E-state index in [2.05, 4.69) is 10.3 Å². The third kappa shape index (κ3) is 2.76. The summed E-state index contributed by atoms with van der Waals surface area (Å²) in [5, 5.41) is 13.7. The standard InChI is InChI=1S/C8H13N3O2S/c1-5(3-12)10-8(13)6-4-14-7(2-9)11-6/h4-5,12H,2-3,9H2,1H3,(H,10,13). The maximum absolute atomic E-state index is 11.4. The quantitative estimate of drug-likeness (QED) is 0.644. The van der Waals surface area contributed by atoms with Gasteiger partial charge >= 0.3 is 0 Å². The van der Waals surface area contributed by atoms with Gasteiger partial charge in [-0.05, 0) is 6.92 Å². The predicted octanol–water partition coefficient (Wildman–Crippen LogP) is -0.288. The molecule has 1 aromatic heterocycles. The molecule has 6 heteroatoms. The summed E-state index contributed by atoms with van der Waals surface area (Å²) < 4.78 is 0. The third-order valence-corrected chi connectivity index (χ3v) is 2.48. The number of thiazole rings is 1. The van der Waals surface area contributed by atoms with Crippen LogP contribution >= 0.6 is 11.3 Å². The molecule has 1 rings (SSSR count). The van der Waals surface area contributed by atoms with Crippen molar-refractivity contribution in [1.29, 1.82) is 0 Å². The molecular formula is C8H13N3O2S. The number of carbonyl (C=O) groups excluding carboxylic acids is 1. The van der Waals surface area contributed by atoms with Gasteiger partial charge in [-0.2, -0.15) is 0 Å². The van der Waals surface area contributed by atoms with E-state index in [1.165, 1.54) is 11.3 Å². The lowest BCUT2D eigenvalue weighted by molar-refractivity contribution is 0.0918. The first-order chi connectivity index (χ1) is 6.67. The van der Waals surface area contributed by atoms with Crippen molar-refractivity contribution in [2.45, 2.75) is 19.5 Å². The molecule has 78 valence electrons. The highest BCUT2D eigenvalue weighted by Gasteiger charge is 2.11. The number of aliphatic hydroxyl groups excluding tert-OH is 1. The topological polar surface area (TPSA) is 88.2 Å². The molecule has 0 saturated carbocycles. The maximum atomic E-state index is 11.4. The number of carbonyl (C=O) groups is 1. The minimum Gasteiger partial charge on any atom is -0.394 e. The molecule has 0 aromatic carbocycles. The van der Waals surface area contributed by atoms with Gasteiger partial charge in [0, 0.05) is 18.0 Å². The fraction of sp³-hybridized carbons (Fsp3) is 0.500. The Bertz CT molecular complexity index is 313. The van der Waals surface area contributed by atoms with Crippen LogP contribution < -0.4 is 11.1 Å². The first-order valence-corrected chi connectivity index (χ1v) is 5.11. The summed E-state index contributed by atoms with van der Waals surface area (Å²) in [6.45, 7) is 1.97. The Morgan fingerprint density at radius 1 is 1.86 bits per heavy atom. The second kappa shape index (κ2) is 5.04. The number of amides is 1. The summed E-state index contributed by atoms with van der Waals surface area (Å²) in [5.41, 5.74) is 5.72. The van der Waals surface area contributed by atoms with Crippen LogP contribution in [0, 0.1) is 0 Å². The number of hydrogen-bond acceptors (Lipinski definition) is 5. The monoisotopic (exact) mass is 215 g/mol. The Balaban J connectivity index is 2.60. The van der Waals surface area contributed by atoms with E-state index in [-0.39, 0.29) is 18.6 Å². The Labute approximate surface area is 86.0 Å². The Morgan fingerprint density at radius 2 is 2.57 bits per heavy atom. The van der Waals surface area contributed by atoms with Crippen LogP contribution in [0.2, 0.25) is 0 Å². The van der Waals surface area contributed by atoms with Gasteiger partial charge in [0.05, 0.1) is 6.61 Å². The molecule has 1 aromatic rings. The molecule has 0 aliphatic carbocycles. The summed E-state index contributed by atoms with van der Waals surface area (Å²) in [7, 11) is 0. The molecule has 0 aliphatic rings. The summed E-state index contributed by atoms with van der Waals surface area (Å²) >= 11 is 1.35. The molecule has 0 spiro atoms. The SMILES string of the molecule is CC(CO)NC(=O)c1csc(CN)n1. The minimum atomic E-state index is -0.275. The number of rotatable bonds is 4. The van der Waals surface area contributed by atoms with E-state index < -0.39 is 0 Å². The largest absolute Gasteiger partial charge is 0.394 e. The number of nitrogens with zero attached hydrogens (tertiary/aromatic N) is 1. The number of aliphatic hydroxyl groups is 1. The van der Waals surface area contributed by atoms with E-state index in [0.29, 0.717) is 12.2 Å². The first kappa shape index (κ1) is 11.1. The zero-order valence-corrected chi connectivity index (χ0v) is 8.67. The molecule has 0 saturated heterocycles. The Hall–Kier alpha value is -0.980. The molecule has 1 heterocycles. The van der Waals surface area contributed by atoms with Crippen LogP contribution in [-0.2, 0) is 6.54 Å². The molecule has 4 N–H and O–H groups in total. The van der Waals surface area contributed by atoms with Gasteiger partial charge in [0.2, 0.25) is 0 Å². The molecule has 0 radical (unpaired) electrons. The highest BCUT2D eigenvalue weighted by atomic mass is 32.1. The van der Waals surface area contributed by atoms with Crippen LogP contribution in [0.5, 0.6) is 0 Å². The van der Waals surface area contributed by atoms with Crippen molar-refractivity contribution in [2.24, 2.45) is 5.73 Å². The number of nitrogens with one attached hydrogen (secondary N) is 1. The Morgan fingerprint density at radius 3 is 3.07 bits per heavy atom. The summed E-state index contributed by atoms with van der Waals surface area (Å²) in [6.07, 6.45) is 0. The van der Waals surface area contributed by atoms with Gasteiger partial charge < -0.3 is 16.2 Å². The highest BCUT2D eigenvalue weighted by Crippen LogP contribution is 2.08. The number of hydrogen-bond donors (Lipinski definition) is 3. The number of aromatic nitrogens is 1. The van der Waals surface area contributed by atoms with E-state index in [1.54, 1.807) is 12.3 Å². The lowest BCUT2D eigenvalue weighted by Gasteiger charge is -2.08. The molecule has 14 heavy (non-hydrogen) atoms. The van der Waals surface area contributed by atoms with Crippen LogP contribution in [0.15, 0.2) is 5.38 Å². The number of nitrogens with two attached hydrogens (primary N) is 1. The van der Waals surface area contributed by atoms with Gasteiger partial charge in [-0.3, -0.25) is 4.79 Å². The van der Waals surface area contributed by atoms with Crippen LogP contribution in [0.4, 0.5) is 0 Å². The predicted molar refractivity (Wildman–Crippen MR) is 54.0 cm³/mol. The smallest absolute Gasteiger partial charge is 0.271 e. The highest BCUT2D eigenvalue weighted by molar-refractivity contribution is 7.09. The van der Waals surface area contributed by atoms with Crippen molar-refractivity contribution in [3.63, 3.8) is 0 Å². The molecular weight excluding hydrogens is 202 g/mol. The fourth-order valence-corrected chi connectivity index (χ4v) is 1.51. The Kier molecular flexibility index (Phi) is 3.99. The average Bonchev–Trinajstić information content (AvgIpc) is 2.65. The van der Waals surface area contributed by atoms with E-state index in [0.717, 1.165) is 5.01 Å². The van der Waals surface area contributed by atoms with Gasteiger partial charge in [-0.1, -0.05) is 0 Å².